The summed E-state index contributed by atoms with van der Waals surface area (Å²) in [7, 11) is 0. The van der Waals surface area contributed by atoms with Crippen molar-refractivity contribution in [2.24, 2.45) is 0 Å². The highest BCUT2D eigenvalue weighted by atomic mass is 16.1. The van der Waals surface area contributed by atoms with Gasteiger partial charge in [0.15, 0.2) is 28.9 Å². The summed E-state index contributed by atoms with van der Waals surface area (Å²) >= 11 is 0. The molecule has 6 aliphatic carbocycles. The van der Waals surface area contributed by atoms with Crippen molar-refractivity contribution in [2.45, 2.75) is 291 Å². The molecule has 12 nitrogen and oxygen atoms in total. The highest BCUT2D eigenvalue weighted by Gasteiger charge is 2.37. The summed E-state index contributed by atoms with van der Waals surface area (Å²) in [6.07, 6.45) is 0. The van der Waals surface area contributed by atoms with Crippen molar-refractivity contribution in [3.63, 3.8) is 0 Å². The molecule has 0 saturated heterocycles. The first kappa shape index (κ1) is 91.9. The molecule has 0 aliphatic heterocycles. The molecule has 0 atom stereocenters. The second kappa shape index (κ2) is 32.3. The maximum Gasteiger partial charge on any atom is 0.208 e. The third-order valence-electron chi connectivity index (χ3n) is 31.8. The zero-order valence-corrected chi connectivity index (χ0v) is 83.1. The Morgan fingerprint density at radius 2 is 0.317 bits per heavy atom. The molecule has 0 unspecified atom stereocenters. The standard InChI is InChI=1S/C21H24O.4C19H21NO.C17H18N2O/c1-9-11(3)17-13(5)10(2)14(6)19-20(17)18(12(9)4)15(7)16(8)21(19)22;1-8-9(2)16-17-15(10(3)12(5)19(16)21)13(6)14(7)20-18(17)11(8)4;1-8-9(2)15-10(3)12(5)19(21)16-13(6)14(7)20-18(11(8)4)17(15)16;1-8-9(2)15-13(6)14(7)20-18-11(4)12(5)19(21)16(10(8)3)17(15)18;1-8-9(2)15-11(4)12(5)19(21)18-17(15)16(10(8)3)13(6)14(7)20-18;1-7-8(2)17(20)13-9(3)11(5)18-16-10(4)12(6)19-15(7)14(13)16/h1-8H3;4*1-7H3;1-6H3. The number of hydrogen-bond acceptors (Lipinski definition) is 12. The van der Waals surface area contributed by atoms with Crippen molar-refractivity contribution in [3.05, 3.63) is 268 Å². The van der Waals surface area contributed by atoms with Gasteiger partial charge in [0.2, 0.25) is 5.78 Å². The lowest BCUT2D eigenvalue weighted by atomic mass is 9.75. The number of allylic oxidation sites excluding steroid dienone is 12. The van der Waals surface area contributed by atoms with E-state index in [2.05, 4.69) is 192 Å². The van der Waals surface area contributed by atoms with Crippen molar-refractivity contribution >= 4 is 133 Å². The lowest BCUT2D eigenvalue weighted by Crippen LogP contribution is -2.16. The zero-order chi connectivity index (χ0) is 93.8. The maximum atomic E-state index is 12.9. The van der Waals surface area contributed by atoms with E-state index in [4.69, 9.17) is 24.9 Å². The highest BCUT2D eigenvalue weighted by Crippen LogP contribution is 2.50. The minimum Gasteiger partial charge on any atom is -0.289 e. The van der Waals surface area contributed by atoms with Gasteiger partial charge in [-0.05, 0) is 496 Å². The number of aromatic nitrogens is 6. The Hall–Kier alpha value is -11.8. The van der Waals surface area contributed by atoms with E-state index in [9.17, 15) is 28.8 Å². The number of pyridine rings is 6. The second-order valence-corrected chi connectivity index (χ2v) is 37.5. The van der Waals surface area contributed by atoms with Crippen LogP contribution in [0.2, 0.25) is 0 Å². The minimum atomic E-state index is 0.0794. The molecular weight excluding hydrogens is 1550 g/mol. The quantitative estimate of drug-likeness (QED) is 0.140. The molecule has 0 bridgehead atoms. The Morgan fingerprint density at radius 1 is 0.119 bits per heavy atom. The number of rotatable bonds is 0. The van der Waals surface area contributed by atoms with E-state index >= 15 is 0 Å². The highest BCUT2D eigenvalue weighted by molar-refractivity contribution is 6.31. The Morgan fingerprint density at radius 3 is 0.667 bits per heavy atom. The smallest absolute Gasteiger partial charge is 0.208 e. The van der Waals surface area contributed by atoms with E-state index < -0.39 is 0 Å². The van der Waals surface area contributed by atoms with Crippen LogP contribution >= 0.6 is 0 Å². The van der Waals surface area contributed by atoms with Crippen molar-refractivity contribution in [1.82, 2.24) is 29.9 Å². The predicted octanol–water partition coefficient (Wildman–Crippen LogP) is 28.6. The summed E-state index contributed by atoms with van der Waals surface area (Å²) in [5, 5.41) is 10.1. The number of benzene rings is 6. The van der Waals surface area contributed by atoms with E-state index in [0.717, 1.165) is 217 Å². The van der Waals surface area contributed by atoms with Gasteiger partial charge < -0.3 is 0 Å². The molecule has 648 valence electrons. The van der Waals surface area contributed by atoms with Crippen LogP contribution in [0.25, 0.3) is 98.5 Å². The number of nitrogens with zero attached hydrogens (tertiary/aromatic N) is 6. The summed E-state index contributed by atoms with van der Waals surface area (Å²) in [5.41, 5.74) is 61.1. The number of hydrogen-bond donors (Lipinski definition) is 0. The summed E-state index contributed by atoms with van der Waals surface area (Å²) in [6, 6.07) is 0. The van der Waals surface area contributed by atoms with Crippen LogP contribution in [-0.2, 0) is 0 Å². The molecule has 12 heteroatoms. The Balaban J connectivity index is 0.000000130. The van der Waals surface area contributed by atoms with Crippen LogP contribution in [0.3, 0.4) is 0 Å². The average Bonchev–Trinajstić information content (AvgIpc) is 0.647. The van der Waals surface area contributed by atoms with E-state index in [1.165, 1.54) is 144 Å². The van der Waals surface area contributed by atoms with Crippen LogP contribution in [0.4, 0.5) is 0 Å². The molecule has 6 aliphatic rings. The first-order chi connectivity index (χ1) is 58.6. The van der Waals surface area contributed by atoms with Crippen molar-refractivity contribution in [1.29, 1.82) is 0 Å². The van der Waals surface area contributed by atoms with Gasteiger partial charge in [-0.2, -0.15) is 0 Å². The normalized spacial score (nSPS) is 14.3. The van der Waals surface area contributed by atoms with Crippen molar-refractivity contribution in [2.75, 3.05) is 0 Å². The van der Waals surface area contributed by atoms with Gasteiger partial charge in [0, 0.05) is 128 Å². The number of carbonyl (C=O) groups excluding carboxylic acids is 6. The van der Waals surface area contributed by atoms with Crippen LogP contribution in [0.5, 0.6) is 0 Å². The number of ketones is 6. The van der Waals surface area contributed by atoms with E-state index in [1.54, 1.807) is 0 Å². The number of aryl methyl sites for hydroxylation is 15. The van der Waals surface area contributed by atoms with Crippen LogP contribution in [-0.4, -0.2) is 64.6 Å². The SMILES string of the molecule is CC1=C(C)c2c(C)c(C)c(C)c3c(C)c(C)c(C)c(c23)C1=O.CC1=C(C)c2c(C)c(C)c(C)c3c(C)c(C)nc(c23)C1=O.CC1=C(C)c2c(C)c(C)c(C)c3nc(C)c(C)c(c23)C1=O.CC1=C(C)c2c(C)c(C)nc3c(C)c(C)c(C)c(c23)C1=O.CC1=C(C)c2nc(C)c(C)c3c(C)c(C)c(C)c(c23)C1=O.CC1=C(C)c2nc(C)c(C)c3nc(C)c(C)c(c23)C1=O. The van der Waals surface area contributed by atoms with Gasteiger partial charge in [-0.1, -0.05) is 0 Å². The monoisotopic (exact) mass is 1670 g/mol. The molecule has 12 aromatic rings. The molecule has 0 fully saturated rings. The molecule has 0 saturated carbocycles. The van der Waals surface area contributed by atoms with Crippen molar-refractivity contribution in [3.8, 4) is 0 Å². The molecule has 6 aromatic heterocycles. The predicted molar refractivity (Wildman–Crippen MR) is 528 cm³/mol. The van der Waals surface area contributed by atoms with Gasteiger partial charge in [0.1, 0.15) is 5.69 Å². The van der Waals surface area contributed by atoms with E-state index in [0.29, 0.717) is 5.69 Å². The molecular formula is C114H126N6O6. The van der Waals surface area contributed by atoms with E-state index in [1.807, 2.05) is 104 Å². The first-order valence-corrected chi connectivity index (χ1v) is 44.4. The maximum absolute atomic E-state index is 12.9. The van der Waals surface area contributed by atoms with Gasteiger partial charge >= 0.3 is 0 Å². The first-order valence-electron chi connectivity index (χ1n) is 44.4. The van der Waals surface area contributed by atoms with Gasteiger partial charge in [0.05, 0.1) is 27.9 Å². The van der Waals surface area contributed by atoms with Gasteiger partial charge in [-0.15, -0.1) is 0 Å². The fourth-order valence-corrected chi connectivity index (χ4v) is 20.7. The van der Waals surface area contributed by atoms with Gasteiger partial charge in [-0.25, -0.2) is 4.98 Å². The minimum absolute atomic E-state index is 0.0794. The fourth-order valence-electron chi connectivity index (χ4n) is 20.7. The molecule has 0 spiro atoms. The fraction of sp³-hybridized carbons (Fsp3) is 0.368. The van der Waals surface area contributed by atoms with Gasteiger partial charge in [-0.3, -0.25) is 53.7 Å². The number of Topliss-reactive ketones (excluding diaryl/α,β-unsaturated/α-hetero) is 6. The molecule has 6 heterocycles. The van der Waals surface area contributed by atoms with Crippen LogP contribution in [0.1, 0.15) is 347 Å². The zero-order valence-electron chi connectivity index (χ0n) is 83.1. The van der Waals surface area contributed by atoms with Crippen LogP contribution in [0, 0.1) is 208 Å². The molecule has 0 N–H and O–H groups in total. The van der Waals surface area contributed by atoms with Crippen molar-refractivity contribution < 1.29 is 28.8 Å². The van der Waals surface area contributed by atoms with Gasteiger partial charge in [0.25, 0.3) is 0 Å². The summed E-state index contributed by atoms with van der Waals surface area (Å²) in [6.45, 7) is 86.7. The Kier molecular flexibility index (Phi) is 23.5. The topological polar surface area (TPSA) is 180 Å². The summed E-state index contributed by atoms with van der Waals surface area (Å²) in [4.78, 5) is 105. The molecule has 18 rings (SSSR count). The number of carbonyl (C=O) groups is 6. The molecule has 6 aromatic carbocycles. The summed E-state index contributed by atoms with van der Waals surface area (Å²) in [5.74, 6) is 0.893. The third-order valence-corrected chi connectivity index (χ3v) is 31.8. The molecule has 0 amide bonds. The Labute approximate surface area is 746 Å². The van der Waals surface area contributed by atoms with E-state index in [-0.39, 0.29) is 34.7 Å². The second-order valence-electron chi connectivity index (χ2n) is 37.5. The lowest BCUT2D eigenvalue weighted by Gasteiger charge is -2.28. The molecule has 126 heavy (non-hydrogen) atoms. The summed E-state index contributed by atoms with van der Waals surface area (Å²) < 4.78 is 0. The molecule has 0 radical (unpaired) electrons. The third kappa shape index (κ3) is 13.2. The lowest BCUT2D eigenvalue weighted by molar-refractivity contribution is 0.102. The van der Waals surface area contributed by atoms with Crippen LogP contribution < -0.4 is 0 Å². The Bertz CT molecular complexity index is 7350. The largest absolute Gasteiger partial charge is 0.289 e. The van der Waals surface area contributed by atoms with Crippen LogP contribution in [0.15, 0.2) is 33.4 Å². The average molecular weight is 1680 g/mol.